The van der Waals surface area contributed by atoms with Gasteiger partial charge in [-0.05, 0) is 41.8 Å². The third kappa shape index (κ3) is 5.07. The number of hydrogen-bond acceptors (Lipinski definition) is 3. The SMILES string of the molecule is O=C(CNC1CCN(C(c2ccccc2)c2ccccc2)C1=O)N(c1ccccc1)c1ccccc1. The molecule has 0 aromatic heterocycles. The molecule has 0 bridgehead atoms. The summed E-state index contributed by atoms with van der Waals surface area (Å²) in [5.41, 5.74) is 3.74. The van der Waals surface area contributed by atoms with Crippen LogP contribution in [0, 0.1) is 0 Å². The second-order valence-corrected chi connectivity index (χ2v) is 8.88. The van der Waals surface area contributed by atoms with Crippen LogP contribution in [-0.2, 0) is 9.59 Å². The molecule has 1 fully saturated rings. The van der Waals surface area contributed by atoms with E-state index in [9.17, 15) is 9.59 Å². The molecule has 1 atom stereocenters. The molecule has 5 nitrogen and oxygen atoms in total. The number of anilines is 2. The fourth-order valence-electron chi connectivity index (χ4n) is 4.85. The predicted molar refractivity (Wildman–Crippen MR) is 143 cm³/mol. The Kier molecular flexibility index (Phi) is 7.20. The van der Waals surface area contributed by atoms with Gasteiger partial charge in [0.05, 0.1) is 18.6 Å². The lowest BCUT2D eigenvalue weighted by Crippen LogP contribution is -2.44. The van der Waals surface area contributed by atoms with Crippen LogP contribution in [0.1, 0.15) is 23.6 Å². The lowest BCUT2D eigenvalue weighted by molar-refractivity contribution is -0.130. The van der Waals surface area contributed by atoms with Gasteiger partial charge in [-0.3, -0.25) is 19.8 Å². The third-order valence-corrected chi connectivity index (χ3v) is 6.56. The number of para-hydroxylation sites is 2. The van der Waals surface area contributed by atoms with Crippen molar-refractivity contribution >= 4 is 23.2 Å². The number of benzene rings is 4. The molecular formula is C31H29N3O2. The summed E-state index contributed by atoms with van der Waals surface area (Å²) in [6.07, 6.45) is 0.652. The minimum Gasteiger partial charge on any atom is -0.330 e. The zero-order valence-corrected chi connectivity index (χ0v) is 20.0. The van der Waals surface area contributed by atoms with Gasteiger partial charge in [-0.25, -0.2) is 0 Å². The molecule has 0 radical (unpaired) electrons. The summed E-state index contributed by atoms with van der Waals surface area (Å²) in [5.74, 6) is -0.0900. The summed E-state index contributed by atoms with van der Waals surface area (Å²) in [4.78, 5) is 30.6. The standard InChI is InChI=1S/C31H29N3O2/c35-29(34(26-17-9-3-10-18-26)27-19-11-4-12-20-27)23-32-28-21-22-33(31(28)36)30(24-13-5-1-6-14-24)25-15-7-2-8-16-25/h1-20,28,30,32H,21-23H2. The molecule has 1 aliphatic heterocycles. The van der Waals surface area contributed by atoms with Crippen molar-refractivity contribution in [1.29, 1.82) is 0 Å². The van der Waals surface area contributed by atoms with Crippen LogP contribution in [-0.4, -0.2) is 35.8 Å². The first-order valence-corrected chi connectivity index (χ1v) is 12.3. The van der Waals surface area contributed by atoms with E-state index < -0.39 is 6.04 Å². The number of nitrogens with zero attached hydrogens (tertiary/aromatic N) is 2. The highest BCUT2D eigenvalue weighted by molar-refractivity contribution is 6.02. The van der Waals surface area contributed by atoms with Gasteiger partial charge in [0.2, 0.25) is 11.8 Å². The van der Waals surface area contributed by atoms with Gasteiger partial charge in [0.25, 0.3) is 0 Å². The van der Waals surface area contributed by atoms with E-state index in [-0.39, 0.29) is 24.4 Å². The van der Waals surface area contributed by atoms with Crippen molar-refractivity contribution in [3.63, 3.8) is 0 Å². The molecular weight excluding hydrogens is 446 g/mol. The van der Waals surface area contributed by atoms with Crippen molar-refractivity contribution < 1.29 is 9.59 Å². The normalized spacial score (nSPS) is 15.3. The zero-order chi connectivity index (χ0) is 24.7. The van der Waals surface area contributed by atoms with Crippen molar-refractivity contribution in [2.24, 2.45) is 0 Å². The van der Waals surface area contributed by atoms with Crippen LogP contribution in [0.25, 0.3) is 0 Å². The minimum atomic E-state index is -0.405. The number of rotatable bonds is 8. The Morgan fingerprint density at radius 3 is 1.67 bits per heavy atom. The average molecular weight is 476 g/mol. The van der Waals surface area contributed by atoms with Crippen LogP contribution in [0.4, 0.5) is 11.4 Å². The summed E-state index contributed by atoms with van der Waals surface area (Å²) >= 11 is 0. The first kappa shape index (κ1) is 23.5. The van der Waals surface area contributed by atoms with Crippen molar-refractivity contribution in [3.05, 3.63) is 132 Å². The number of likely N-dealkylation sites (tertiary alicyclic amines) is 1. The van der Waals surface area contributed by atoms with E-state index in [1.54, 1.807) is 4.90 Å². The molecule has 2 amide bonds. The van der Waals surface area contributed by atoms with Gasteiger partial charge in [0.1, 0.15) is 0 Å². The summed E-state index contributed by atoms with van der Waals surface area (Å²) in [5, 5.41) is 3.26. The van der Waals surface area contributed by atoms with Crippen LogP contribution >= 0.6 is 0 Å². The smallest absolute Gasteiger partial charge is 0.245 e. The maximum Gasteiger partial charge on any atom is 0.245 e. The molecule has 5 heteroatoms. The van der Waals surface area contributed by atoms with E-state index in [0.29, 0.717) is 13.0 Å². The number of hydrogen-bond donors (Lipinski definition) is 1. The van der Waals surface area contributed by atoms with E-state index in [0.717, 1.165) is 22.5 Å². The highest BCUT2D eigenvalue weighted by atomic mass is 16.2. The zero-order valence-electron chi connectivity index (χ0n) is 20.0. The quantitative estimate of drug-likeness (QED) is 0.375. The van der Waals surface area contributed by atoms with Gasteiger partial charge < -0.3 is 4.90 Å². The fourth-order valence-corrected chi connectivity index (χ4v) is 4.85. The molecule has 1 aliphatic rings. The fraction of sp³-hybridized carbons (Fsp3) is 0.161. The van der Waals surface area contributed by atoms with Crippen LogP contribution in [0.5, 0.6) is 0 Å². The van der Waals surface area contributed by atoms with E-state index in [2.05, 4.69) is 29.6 Å². The van der Waals surface area contributed by atoms with Crippen molar-refractivity contribution in [3.8, 4) is 0 Å². The Bertz CT molecular complexity index is 1200. The van der Waals surface area contributed by atoms with Crippen LogP contribution in [0.3, 0.4) is 0 Å². The summed E-state index contributed by atoms with van der Waals surface area (Å²) in [6.45, 7) is 0.690. The molecule has 0 saturated carbocycles. The highest BCUT2D eigenvalue weighted by Crippen LogP contribution is 2.32. The Morgan fingerprint density at radius 1 is 0.750 bits per heavy atom. The van der Waals surface area contributed by atoms with Crippen LogP contribution < -0.4 is 10.2 Å². The monoisotopic (exact) mass is 475 g/mol. The van der Waals surface area contributed by atoms with Crippen LogP contribution in [0.2, 0.25) is 0 Å². The molecule has 180 valence electrons. The Balaban J connectivity index is 1.32. The minimum absolute atomic E-state index is 0.0199. The molecule has 1 N–H and O–H groups in total. The Labute approximate surface area is 212 Å². The van der Waals surface area contributed by atoms with Crippen molar-refractivity contribution in [2.75, 3.05) is 18.0 Å². The Hall–Kier alpha value is -4.22. The van der Waals surface area contributed by atoms with Crippen molar-refractivity contribution in [2.45, 2.75) is 18.5 Å². The summed E-state index contributed by atoms with van der Waals surface area (Å²) < 4.78 is 0. The second kappa shape index (κ2) is 11.0. The lowest BCUT2D eigenvalue weighted by Gasteiger charge is -2.29. The number of carbonyl (C=O) groups excluding carboxylic acids is 2. The predicted octanol–water partition coefficient (Wildman–Crippen LogP) is 5.33. The summed E-state index contributed by atoms with van der Waals surface area (Å²) in [7, 11) is 0. The van der Waals surface area contributed by atoms with Crippen molar-refractivity contribution in [1.82, 2.24) is 10.2 Å². The van der Waals surface area contributed by atoms with Gasteiger partial charge in [0, 0.05) is 17.9 Å². The number of nitrogens with one attached hydrogen (secondary N) is 1. The van der Waals surface area contributed by atoms with Crippen LogP contribution in [0.15, 0.2) is 121 Å². The lowest BCUT2D eigenvalue weighted by atomic mass is 9.97. The first-order chi connectivity index (χ1) is 17.7. The molecule has 1 saturated heterocycles. The molecule has 36 heavy (non-hydrogen) atoms. The van der Waals surface area contributed by atoms with E-state index >= 15 is 0 Å². The van der Waals surface area contributed by atoms with Gasteiger partial charge in [0.15, 0.2) is 0 Å². The van der Waals surface area contributed by atoms with E-state index in [1.807, 2.05) is 102 Å². The third-order valence-electron chi connectivity index (χ3n) is 6.56. The average Bonchev–Trinajstić information content (AvgIpc) is 3.30. The number of amides is 2. The maximum absolute atomic E-state index is 13.6. The van der Waals surface area contributed by atoms with Gasteiger partial charge >= 0.3 is 0 Å². The van der Waals surface area contributed by atoms with E-state index in [4.69, 9.17) is 0 Å². The van der Waals surface area contributed by atoms with E-state index in [1.165, 1.54) is 0 Å². The number of carbonyl (C=O) groups is 2. The van der Waals surface area contributed by atoms with Gasteiger partial charge in [-0.2, -0.15) is 0 Å². The largest absolute Gasteiger partial charge is 0.330 e. The molecule has 1 unspecified atom stereocenters. The summed E-state index contributed by atoms with van der Waals surface area (Å²) in [6, 6.07) is 38.8. The second-order valence-electron chi connectivity index (χ2n) is 8.88. The Morgan fingerprint density at radius 2 is 1.19 bits per heavy atom. The highest BCUT2D eigenvalue weighted by Gasteiger charge is 2.37. The molecule has 0 spiro atoms. The van der Waals surface area contributed by atoms with Gasteiger partial charge in [-0.1, -0.05) is 97.1 Å². The maximum atomic E-state index is 13.6. The molecule has 4 aromatic rings. The molecule has 1 heterocycles. The molecule has 5 rings (SSSR count). The topological polar surface area (TPSA) is 52.7 Å². The molecule has 4 aromatic carbocycles. The first-order valence-electron chi connectivity index (χ1n) is 12.3. The molecule has 0 aliphatic carbocycles. The van der Waals surface area contributed by atoms with Gasteiger partial charge in [-0.15, -0.1) is 0 Å².